The van der Waals surface area contributed by atoms with Crippen molar-refractivity contribution >= 4 is 17.6 Å². The molecule has 0 aromatic carbocycles. The Kier molecular flexibility index (Phi) is 3.75. The highest BCUT2D eigenvalue weighted by molar-refractivity contribution is 5.62. The summed E-state index contributed by atoms with van der Waals surface area (Å²) in [5.41, 5.74) is 5.78. The predicted octanol–water partition coefficient (Wildman–Crippen LogP) is 1.23. The Labute approximate surface area is 86.5 Å². The van der Waals surface area contributed by atoms with Gasteiger partial charge in [-0.3, -0.25) is 10.1 Å². The Morgan fingerprint density at radius 3 is 3.07 bits per heavy atom. The van der Waals surface area contributed by atoms with E-state index in [-0.39, 0.29) is 11.5 Å². The average molecular weight is 209 g/mol. The topological polar surface area (TPSA) is 91.3 Å². The van der Waals surface area contributed by atoms with Crippen LogP contribution in [0.5, 0.6) is 0 Å². The number of aromatic nitrogens is 1. The quantitative estimate of drug-likeness (QED) is 0.594. The van der Waals surface area contributed by atoms with E-state index in [1.165, 1.54) is 6.07 Å². The van der Waals surface area contributed by atoms with Crippen molar-refractivity contribution in [3.63, 3.8) is 0 Å². The minimum atomic E-state index is -0.501. The van der Waals surface area contributed by atoms with Gasteiger partial charge in [0.05, 0.1) is 17.1 Å². The highest BCUT2D eigenvalue weighted by Gasteiger charge is 2.11. The minimum absolute atomic E-state index is 0.0726. The number of rotatable bonds is 4. The van der Waals surface area contributed by atoms with Gasteiger partial charge in [0.2, 0.25) is 0 Å². The molecule has 0 saturated heterocycles. The summed E-state index contributed by atoms with van der Waals surface area (Å²) in [6.07, 6.45) is 4.39. The van der Waals surface area contributed by atoms with Gasteiger partial charge in [-0.25, -0.2) is 4.98 Å². The number of methoxy groups -OCH3 is 1. The van der Waals surface area contributed by atoms with Crippen LogP contribution in [-0.2, 0) is 4.74 Å². The number of anilines is 1. The average Bonchev–Trinajstić information content (AvgIpc) is 2.18. The van der Waals surface area contributed by atoms with E-state index >= 15 is 0 Å². The van der Waals surface area contributed by atoms with Crippen LogP contribution in [-0.4, -0.2) is 23.6 Å². The van der Waals surface area contributed by atoms with Crippen LogP contribution >= 0.6 is 0 Å². The summed E-state index contributed by atoms with van der Waals surface area (Å²) in [6.45, 7) is 0.388. The summed E-state index contributed by atoms with van der Waals surface area (Å²) in [6, 6.07) is 1.45. The third-order valence-electron chi connectivity index (χ3n) is 1.69. The van der Waals surface area contributed by atoms with Crippen LogP contribution in [0.1, 0.15) is 5.56 Å². The SMILES string of the molecule is COC/C=C/c1cc(N)ncc1[N+](=O)[O-]. The molecule has 0 unspecified atom stereocenters. The van der Waals surface area contributed by atoms with Crippen molar-refractivity contribution in [2.75, 3.05) is 19.5 Å². The Morgan fingerprint density at radius 1 is 1.73 bits per heavy atom. The number of nitro groups is 1. The number of nitrogen functional groups attached to an aromatic ring is 1. The van der Waals surface area contributed by atoms with Gasteiger partial charge >= 0.3 is 0 Å². The summed E-state index contributed by atoms with van der Waals surface area (Å²) < 4.78 is 4.79. The van der Waals surface area contributed by atoms with Crippen LogP contribution in [0.25, 0.3) is 6.08 Å². The molecule has 80 valence electrons. The molecule has 2 N–H and O–H groups in total. The molecule has 0 aliphatic heterocycles. The van der Waals surface area contributed by atoms with E-state index in [0.717, 1.165) is 6.20 Å². The first-order chi connectivity index (χ1) is 7.15. The minimum Gasteiger partial charge on any atom is -0.384 e. The molecular formula is C9H11N3O3. The maximum atomic E-state index is 10.6. The second kappa shape index (κ2) is 5.06. The van der Waals surface area contributed by atoms with Crippen molar-refractivity contribution in [1.82, 2.24) is 4.98 Å². The van der Waals surface area contributed by atoms with Crippen molar-refractivity contribution in [3.8, 4) is 0 Å². The molecule has 0 saturated carbocycles. The van der Waals surface area contributed by atoms with Crippen molar-refractivity contribution in [1.29, 1.82) is 0 Å². The fourth-order valence-corrected chi connectivity index (χ4v) is 1.04. The van der Waals surface area contributed by atoms with Crippen molar-refractivity contribution in [3.05, 3.63) is 34.0 Å². The Bertz CT molecular complexity index is 390. The van der Waals surface area contributed by atoms with E-state index in [2.05, 4.69) is 4.98 Å². The molecule has 0 bridgehead atoms. The lowest BCUT2D eigenvalue weighted by Crippen LogP contribution is -1.96. The molecule has 0 radical (unpaired) electrons. The van der Waals surface area contributed by atoms with Crippen LogP contribution in [0.2, 0.25) is 0 Å². The summed E-state index contributed by atoms with van der Waals surface area (Å²) >= 11 is 0. The molecular weight excluding hydrogens is 198 g/mol. The molecule has 1 aromatic heterocycles. The monoisotopic (exact) mass is 209 g/mol. The van der Waals surface area contributed by atoms with Gasteiger partial charge in [0.15, 0.2) is 0 Å². The zero-order valence-electron chi connectivity index (χ0n) is 8.21. The zero-order valence-corrected chi connectivity index (χ0v) is 8.21. The third kappa shape index (κ3) is 3.03. The lowest BCUT2D eigenvalue weighted by Gasteiger charge is -1.98. The van der Waals surface area contributed by atoms with Crippen molar-refractivity contribution in [2.24, 2.45) is 0 Å². The molecule has 0 aliphatic carbocycles. The predicted molar refractivity (Wildman–Crippen MR) is 56.2 cm³/mol. The second-order valence-electron chi connectivity index (χ2n) is 2.78. The maximum Gasteiger partial charge on any atom is 0.294 e. The normalized spacial score (nSPS) is 10.7. The number of hydrogen-bond acceptors (Lipinski definition) is 5. The van der Waals surface area contributed by atoms with Gasteiger partial charge in [0.25, 0.3) is 5.69 Å². The van der Waals surface area contributed by atoms with Crippen molar-refractivity contribution in [2.45, 2.75) is 0 Å². The van der Waals surface area contributed by atoms with Crippen LogP contribution in [0, 0.1) is 10.1 Å². The summed E-state index contributed by atoms with van der Waals surface area (Å²) in [7, 11) is 1.54. The zero-order chi connectivity index (χ0) is 11.3. The molecule has 0 amide bonds. The highest BCUT2D eigenvalue weighted by atomic mass is 16.6. The van der Waals surface area contributed by atoms with Gasteiger partial charge < -0.3 is 10.5 Å². The fourth-order valence-electron chi connectivity index (χ4n) is 1.04. The van der Waals surface area contributed by atoms with Gasteiger partial charge in [-0.15, -0.1) is 0 Å². The summed E-state index contributed by atoms with van der Waals surface area (Å²) in [5, 5.41) is 10.6. The highest BCUT2D eigenvalue weighted by Crippen LogP contribution is 2.20. The number of nitrogens with zero attached hydrogens (tertiary/aromatic N) is 2. The summed E-state index contributed by atoms with van der Waals surface area (Å²) in [4.78, 5) is 13.8. The van der Waals surface area contributed by atoms with Crippen LogP contribution in [0.15, 0.2) is 18.3 Å². The number of hydrogen-bond donors (Lipinski definition) is 1. The Hall–Kier alpha value is -1.95. The first kappa shape index (κ1) is 11.1. The van der Waals surface area contributed by atoms with E-state index < -0.39 is 4.92 Å². The molecule has 1 heterocycles. The Balaban J connectivity index is 3.02. The van der Waals surface area contributed by atoms with Crippen molar-refractivity contribution < 1.29 is 9.66 Å². The lowest BCUT2D eigenvalue weighted by molar-refractivity contribution is -0.385. The third-order valence-corrected chi connectivity index (χ3v) is 1.69. The fraction of sp³-hybridized carbons (Fsp3) is 0.222. The second-order valence-corrected chi connectivity index (χ2v) is 2.78. The van der Waals surface area contributed by atoms with E-state index in [9.17, 15) is 10.1 Å². The lowest BCUT2D eigenvalue weighted by atomic mass is 10.2. The van der Waals surface area contributed by atoms with Crippen LogP contribution < -0.4 is 5.73 Å². The van der Waals surface area contributed by atoms with Gasteiger partial charge in [-0.1, -0.05) is 6.08 Å². The standard InChI is InChI=1S/C9H11N3O3/c1-15-4-2-3-7-5-9(10)11-6-8(7)12(13)14/h2-3,5-6H,4H2,1H3,(H2,10,11)/b3-2+. The largest absolute Gasteiger partial charge is 0.384 e. The maximum absolute atomic E-state index is 10.6. The molecule has 0 spiro atoms. The molecule has 6 nitrogen and oxygen atoms in total. The smallest absolute Gasteiger partial charge is 0.294 e. The van der Waals surface area contributed by atoms with Gasteiger partial charge in [0, 0.05) is 7.11 Å². The van der Waals surface area contributed by atoms with E-state index in [1.54, 1.807) is 19.3 Å². The van der Waals surface area contributed by atoms with Gasteiger partial charge in [0.1, 0.15) is 12.0 Å². The Morgan fingerprint density at radius 2 is 2.47 bits per heavy atom. The van der Waals surface area contributed by atoms with Crippen LogP contribution in [0.3, 0.4) is 0 Å². The molecule has 15 heavy (non-hydrogen) atoms. The molecule has 0 atom stereocenters. The van der Waals surface area contributed by atoms with Crippen LogP contribution in [0.4, 0.5) is 11.5 Å². The van der Waals surface area contributed by atoms with E-state index in [4.69, 9.17) is 10.5 Å². The van der Waals surface area contributed by atoms with Gasteiger partial charge in [-0.2, -0.15) is 0 Å². The number of pyridine rings is 1. The first-order valence-electron chi connectivity index (χ1n) is 4.20. The molecule has 6 heteroatoms. The van der Waals surface area contributed by atoms with Gasteiger partial charge in [-0.05, 0) is 12.1 Å². The first-order valence-corrected chi connectivity index (χ1v) is 4.20. The molecule has 1 aromatic rings. The molecule has 1 rings (SSSR count). The molecule has 0 aliphatic rings. The number of ether oxygens (including phenoxy) is 1. The van der Waals surface area contributed by atoms with E-state index in [0.29, 0.717) is 12.2 Å². The summed E-state index contributed by atoms with van der Waals surface area (Å²) in [5.74, 6) is 0.248. The molecule has 0 fully saturated rings. The van der Waals surface area contributed by atoms with E-state index in [1.807, 2.05) is 0 Å². The number of nitrogens with two attached hydrogens (primary N) is 1.